The summed E-state index contributed by atoms with van der Waals surface area (Å²) in [6, 6.07) is 6.12. The normalized spacial score (nSPS) is 20.4. The summed E-state index contributed by atoms with van der Waals surface area (Å²) in [5.41, 5.74) is -0.503. The maximum atomic E-state index is 12.8. The Hall–Kier alpha value is -2.94. The number of amides is 1. The van der Waals surface area contributed by atoms with Crippen molar-refractivity contribution in [1.29, 1.82) is 0 Å². The van der Waals surface area contributed by atoms with Crippen molar-refractivity contribution >= 4 is 23.6 Å². The van der Waals surface area contributed by atoms with E-state index < -0.39 is 23.4 Å². The van der Waals surface area contributed by atoms with E-state index in [-0.39, 0.29) is 17.0 Å². The van der Waals surface area contributed by atoms with Crippen LogP contribution in [0.2, 0.25) is 0 Å². The second kappa shape index (κ2) is 6.44. The van der Waals surface area contributed by atoms with Crippen molar-refractivity contribution in [2.45, 2.75) is 12.5 Å². The molecule has 0 saturated heterocycles. The summed E-state index contributed by atoms with van der Waals surface area (Å²) in [5.74, 6) is -1.72. The highest BCUT2D eigenvalue weighted by Crippen LogP contribution is 2.33. The number of carbonyl (C=O) groups excluding carboxylic acids is 3. The number of fused-ring (bicyclic) bond motifs is 1. The molecule has 1 aliphatic heterocycles. The number of ketones is 1. The Balaban J connectivity index is 2.52. The van der Waals surface area contributed by atoms with E-state index in [9.17, 15) is 14.4 Å². The molecule has 1 aromatic carbocycles. The Labute approximate surface area is 131 Å². The molecule has 9 heteroatoms. The highest BCUT2D eigenvalue weighted by atomic mass is 16.7. The number of ether oxygens (including phenoxy) is 2. The number of esters is 1. The average molecular weight is 322 g/mol. The minimum Gasteiger partial charge on any atom is -0.451 e. The Morgan fingerprint density at radius 3 is 2.61 bits per heavy atom. The monoisotopic (exact) mass is 322 g/mol. The Bertz CT molecular complexity index is 685. The molecule has 0 aromatic heterocycles. The fourth-order valence-electron chi connectivity index (χ4n) is 2.03. The third-order valence-corrected chi connectivity index (χ3v) is 3.15. The summed E-state index contributed by atoms with van der Waals surface area (Å²) in [7, 11) is 2.33. The molecular weight excluding hydrogens is 308 g/mol. The second-order valence-corrected chi connectivity index (χ2v) is 4.45. The van der Waals surface area contributed by atoms with Crippen molar-refractivity contribution in [3.63, 3.8) is 0 Å². The molecule has 2 rings (SSSR count). The Morgan fingerprint density at radius 1 is 1.26 bits per heavy atom. The summed E-state index contributed by atoms with van der Waals surface area (Å²) in [4.78, 5) is 46.1. The largest absolute Gasteiger partial charge is 0.451 e. The van der Waals surface area contributed by atoms with Gasteiger partial charge in [-0.05, 0) is 19.1 Å². The number of rotatable bonds is 4. The predicted octanol–water partition coefficient (Wildman–Crippen LogP) is 0.837. The molecule has 1 unspecified atom stereocenters. The first-order valence-corrected chi connectivity index (χ1v) is 6.43. The maximum Gasteiger partial charge on any atom is 0.431 e. The molecular formula is C14H14N2O7. The van der Waals surface area contributed by atoms with Crippen LogP contribution in [0.3, 0.4) is 0 Å². The molecule has 9 nitrogen and oxygen atoms in total. The van der Waals surface area contributed by atoms with Gasteiger partial charge in [0.1, 0.15) is 18.6 Å². The second-order valence-electron chi connectivity index (χ2n) is 4.45. The molecule has 1 amide bonds. The van der Waals surface area contributed by atoms with E-state index in [1.165, 1.54) is 26.2 Å². The van der Waals surface area contributed by atoms with Gasteiger partial charge in [0.25, 0.3) is 5.60 Å². The van der Waals surface area contributed by atoms with Crippen LogP contribution in [-0.4, -0.2) is 43.4 Å². The molecule has 0 saturated carbocycles. The minimum atomic E-state index is -2.31. The predicted molar refractivity (Wildman–Crippen MR) is 75.9 cm³/mol. The van der Waals surface area contributed by atoms with Crippen molar-refractivity contribution in [2.75, 3.05) is 14.2 Å². The number of oxime groups is 1. The van der Waals surface area contributed by atoms with E-state index in [0.29, 0.717) is 0 Å². The lowest BCUT2D eigenvalue weighted by Crippen LogP contribution is -2.61. The first-order valence-electron chi connectivity index (χ1n) is 6.43. The van der Waals surface area contributed by atoms with E-state index >= 15 is 0 Å². The van der Waals surface area contributed by atoms with Crippen LogP contribution in [0.1, 0.15) is 17.3 Å². The highest BCUT2D eigenvalue weighted by molar-refractivity contribution is 6.34. The lowest BCUT2D eigenvalue weighted by atomic mass is 9.86. The van der Waals surface area contributed by atoms with E-state index in [0.717, 1.165) is 7.11 Å². The van der Waals surface area contributed by atoms with Crippen LogP contribution in [-0.2, 0) is 19.2 Å². The van der Waals surface area contributed by atoms with Crippen molar-refractivity contribution in [2.24, 2.45) is 5.16 Å². The highest BCUT2D eigenvalue weighted by Gasteiger charge is 2.57. The smallest absolute Gasteiger partial charge is 0.431 e. The number of para-hydroxylation sites is 1. The topological polar surface area (TPSA) is 113 Å². The fraction of sp³-hybridized carbons (Fsp3) is 0.286. The van der Waals surface area contributed by atoms with Gasteiger partial charge in [-0.25, -0.2) is 14.4 Å². The van der Waals surface area contributed by atoms with Gasteiger partial charge in [-0.1, -0.05) is 17.3 Å². The standard InChI is InChI=1S/C14H14N2O7/c1-8(15-21-3)14(23-16-13(19)20-2)11(17)9-6-4-5-7-10(9)22-12(14)18/h4-7H,1-3H3,(H,16,19)/b15-8+. The average Bonchev–Trinajstić information content (AvgIpc) is 2.55. The summed E-state index contributed by atoms with van der Waals surface area (Å²) in [6.45, 7) is 1.33. The Morgan fingerprint density at radius 2 is 1.96 bits per heavy atom. The number of hydrogen-bond acceptors (Lipinski definition) is 8. The molecule has 0 radical (unpaired) electrons. The van der Waals surface area contributed by atoms with Crippen LogP contribution in [0.25, 0.3) is 0 Å². The van der Waals surface area contributed by atoms with Gasteiger partial charge >= 0.3 is 12.1 Å². The van der Waals surface area contributed by atoms with Crippen molar-refractivity contribution < 1.29 is 33.5 Å². The van der Waals surface area contributed by atoms with Crippen LogP contribution in [0.5, 0.6) is 5.75 Å². The third kappa shape index (κ3) is 2.73. The lowest BCUT2D eigenvalue weighted by molar-refractivity contribution is -0.155. The number of benzene rings is 1. The van der Waals surface area contributed by atoms with Crippen LogP contribution < -0.4 is 10.2 Å². The molecule has 0 spiro atoms. The van der Waals surface area contributed by atoms with Gasteiger partial charge in [0.05, 0.1) is 12.7 Å². The number of methoxy groups -OCH3 is 1. The zero-order valence-electron chi connectivity index (χ0n) is 12.6. The number of hydrogen-bond donors (Lipinski definition) is 1. The molecule has 23 heavy (non-hydrogen) atoms. The van der Waals surface area contributed by atoms with Gasteiger partial charge < -0.3 is 14.3 Å². The molecule has 1 aromatic rings. The summed E-state index contributed by atoms with van der Waals surface area (Å²) in [5, 5.41) is 3.58. The molecule has 1 atom stereocenters. The first-order chi connectivity index (χ1) is 11.0. The van der Waals surface area contributed by atoms with Crippen LogP contribution in [0, 0.1) is 0 Å². The van der Waals surface area contributed by atoms with E-state index in [1.54, 1.807) is 12.1 Å². The summed E-state index contributed by atoms with van der Waals surface area (Å²) in [6.07, 6.45) is -1.01. The van der Waals surface area contributed by atoms with E-state index in [1.807, 2.05) is 5.48 Å². The van der Waals surface area contributed by atoms with Crippen LogP contribution >= 0.6 is 0 Å². The number of carbonyl (C=O) groups is 3. The zero-order chi connectivity index (χ0) is 17.0. The number of nitrogens with one attached hydrogen (secondary N) is 1. The molecule has 0 aliphatic carbocycles. The van der Waals surface area contributed by atoms with Gasteiger partial charge in [0.2, 0.25) is 5.78 Å². The molecule has 1 heterocycles. The maximum absolute atomic E-state index is 12.8. The number of nitrogens with zero attached hydrogens (tertiary/aromatic N) is 1. The van der Waals surface area contributed by atoms with Crippen molar-refractivity contribution in [1.82, 2.24) is 5.48 Å². The molecule has 122 valence electrons. The van der Waals surface area contributed by atoms with Gasteiger partial charge in [0, 0.05) is 0 Å². The van der Waals surface area contributed by atoms with Gasteiger partial charge in [0.15, 0.2) is 0 Å². The summed E-state index contributed by atoms with van der Waals surface area (Å²) < 4.78 is 9.49. The quantitative estimate of drug-likeness (QED) is 0.287. The van der Waals surface area contributed by atoms with Gasteiger partial charge in [-0.3, -0.25) is 4.79 Å². The van der Waals surface area contributed by atoms with Gasteiger partial charge in [-0.15, -0.1) is 0 Å². The van der Waals surface area contributed by atoms with Gasteiger partial charge in [-0.2, -0.15) is 5.48 Å². The minimum absolute atomic E-state index is 0.0880. The van der Waals surface area contributed by atoms with E-state index in [4.69, 9.17) is 9.57 Å². The Kier molecular flexibility index (Phi) is 4.60. The molecule has 1 N–H and O–H groups in total. The zero-order valence-corrected chi connectivity index (χ0v) is 12.6. The molecule has 0 fully saturated rings. The van der Waals surface area contributed by atoms with Crippen molar-refractivity contribution in [3.05, 3.63) is 29.8 Å². The molecule has 1 aliphatic rings. The third-order valence-electron chi connectivity index (χ3n) is 3.15. The first kappa shape index (κ1) is 16.4. The van der Waals surface area contributed by atoms with E-state index in [2.05, 4.69) is 14.7 Å². The van der Waals surface area contributed by atoms with Crippen molar-refractivity contribution in [3.8, 4) is 5.75 Å². The number of Topliss-reactive ketones (excluding diaryl/α,β-unsaturated/α-hetero) is 1. The lowest BCUT2D eigenvalue weighted by Gasteiger charge is -2.32. The SMILES string of the molecule is CO/N=C(\C)C1(ONC(=O)OC)C(=O)Oc2ccccc2C1=O. The fourth-order valence-corrected chi connectivity index (χ4v) is 2.03. The summed E-state index contributed by atoms with van der Waals surface area (Å²) >= 11 is 0. The van der Waals surface area contributed by atoms with Crippen LogP contribution in [0.15, 0.2) is 29.4 Å². The number of hydroxylamine groups is 1. The van der Waals surface area contributed by atoms with Crippen LogP contribution in [0.4, 0.5) is 4.79 Å². The molecule has 0 bridgehead atoms.